The van der Waals surface area contributed by atoms with Gasteiger partial charge in [0.2, 0.25) is 0 Å². The number of alkyl halides is 3. The Balaban J connectivity index is 1.99. The Labute approximate surface area is 116 Å². The summed E-state index contributed by atoms with van der Waals surface area (Å²) in [6, 6.07) is 6.32. The Morgan fingerprint density at radius 1 is 1.20 bits per heavy atom. The van der Waals surface area contributed by atoms with E-state index in [4.69, 9.17) is 5.73 Å². The smallest absolute Gasteiger partial charge is 0.406 e. The topological polar surface area (TPSA) is 47.3 Å². The molecule has 1 saturated carbocycles. The van der Waals surface area contributed by atoms with Crippen LogP contribution in [0.15, 0.2) is 24.3 Å². The molecule has 3 N–H and O–H groups in total. The molecule has 6 heteroatoms. The fourth-order valence-corrected chi connectivity index (χ4v) is 2.58. The fraction of sp³-hybridized carbons (Fsp3) is 0.571. The molecule has 0 spiro atoms. The first-order valence-electron chi connectivity index (χ1n) is 6.80. The summed E-state index contributed by atoms with van der Waals surface area (Å²) in [6.07, 6.45) is 0.0368. The van der Waals surface area contributed by atoms with E-state index < -0.39 is 6.36 Å². The molecule has 1 aliphatic carbocycles. The minimum atomic E-state index is -4.66. The van der Waals surface area contributed by atoms with E-state index in [0.29, 0.717) is 12.6 Å². The van der Waals surface area contributed by atoms with Gasteiger partial charge in [-0.1, -0.05) is 25.0 Å². The predicted octanol–water partition coefficient (Wildman–Crippen LogP) is 3.12. The van der Waals surface area contributed by atoms with E-state index in [1.807, 2.05) is 0 Å². The van der Waals surface area contributed by atoms with Crippen LogP contribution in [0, 0.1) is 0 Å². The van der Waals surface area contributed by atoms with Crippen LogP contribution in [0.5, 0.6) is 5.75 Å². The van der Waals surface area contributed by atoms with Gasteiger partial charge < -0.3 is 15.8 Å². The van der Waals surface area contributed by atoms with E-state index in [1.165, 1.54) is 25.0 Å². The molecular weight excluding hydrogens is 269 g/mol. The molecule has 1 aromatic carbocycles. The molecule has 0 amide bonds. The minimum Gasteiger partial charge on any atom is -0.406 e. The highest BCUT2D eigenvalue weighted by atomic mass is 19.4. The maximum absolute atomic E-state index is 12.1. The van der Waals surface area contributed by atoms with Gasteiger partial charge in [-0.05, 0) is 30.5 Å². The molecule has 1 aromatic rings. The molecule has 1 unspecified atom stereocenters. The van der Waals surface area contributed by atoms with E-state index in [2.05, 4.69) is 10.1 Å². The first-order valence-corrected chi connectivity index (χ1v) is 6.80. The summed E-state index contributed by atoms with van der Waals surface area (Å²) >= 11 is 0. The van der Waals surface area contributed by atoms with Crippen LogP contribution in [0.2, 0.25) is 0 Å². The van der Waals surface area contributed by atoms with Crippen molar-refractivity contribution in [2.45, 2.75) is 44.1 Å². The predicted molar refractivity (Wildman–Crippen MR) is 70.3 cm³/mol. The van der Waals surface area contributed by atoms with Gasteiger partial charge in [0.1, 0.15) is 5.75 Å². The zero-order chi connectivity index (χ0) is 14.6. The second kappa shape index (κ2) is 6.45. The van der Waals surface area contributed by atoms with Gasteiger partial charge in [-0.3, -0.25) is 0 Å². The van der Waals surface area contributed by atoms with Crippen LogP contribution in [0.3, 0.4) is 0 Å². The normalized spacial score (nSPS) is 18.2. The molecule has 2 rings (SSSR count). The number of rotatable bonds is 5. The second-order valence-corrected chi connectivity index (χ2v) is 5.05. The summed E-state index contributed by atoms with van der Waals surface area (Å²) in [5.41, 5.74) is 6.63. The first-order chi connectivity index (χ1) is 9.48. The molecule has 0 bridgehead atoms. The molecule has 1 atom stereocenters. The lowest BCUT2D eigenvalue weighted by molar-refractivity contribution is -0.274. The van der Waals surface area contributed by atoms with Crippen LogP contribution in [-0.4, -0.2) is 18.9 Å². The number of benzene rings is 1. The Kier molecular flexibility index (Phi) is 4.88. The van der Waals surface area contributed by atoms with Crippen molar-refractivity contribution in [3.8, 4) is 5.75 Å². The lowest BCUT2D eigenvalue weighted by Crippen LogP contribution is -2.35. The molecule has 3 nitrogen and oxygen atoms in total. The molecule has 20 heavy (non-hydrogen) atoms. The third-order valence-corrected chi connectivity index (χ3v) is 3.54. The monoisotopic (exact) mass is 288 g/mol. The molecular formula is C14H19F3N2O. The summed E-state index contributed by atoms with van der Waals surface area (Å²) < 4.78 is 40.1. The second-order valence-electron chi connectivity index (χ2n) is 5.05. The lowest BCUT2D eigenvalue weighted by atomic mass is 10.1. The lowest BCUT2D eigenvalue weighted by Gasteiger charge is -2.22. The van der Waals surface area contributed by atoms with E-state index in [0.717, 1.165) is 18.4 Å². The SMILES string of the molecule is NCC(NC1CCCC1)c1ccc(OC(F)(F)F)cc1. The molecule has 1 aliphatic rings. The molecule has 0 aliphatic heterocycles. The van der Waals surface area contributed by atoms with Crippen LogP contribution in [-0.2, 0) is 0 Å². The van der Waals surface area contributed by atoms with Gasteiger partial charge in [-0.15, -0.1) is 13.2 Å². The number of nitrogens with one attached hydrogen (secondary N) is 1. The van der Waals surface area contributed by atoms with E-state index in [9.17, 15) is 13.2 Å². The van der Waals surface area contributed by atoms with Gasteiger partial charge in [0, 0.05) is 18.6 Å². The third-order valence-electron chi connectivity index (χ3n) is 3.54. The molecule has 0 aromatic heterocycles. The van der Waals surface area contributed by atoms with Gasteiger partial charge in [-0.2, -0.15) is 0 Å². The van der Waals surface area contributed by atoms with Crippen molar-refractivity contribution in [3.63, 3.8) is 0 Å². The van der Waals surface area contributed by atoms with Crippen LogP contribution in [0.4, 0.5) is 13.2 Å². The van der Waals surface area contributed by atoms with Crippen molar-refractivity contribution in [3.05, 3.63) is 29.8 Å². The zero-order valence-electron chi connectivity index (χ0n) is 11.1. The highest BCUT2D eigenvalue weighted by Gasteiger charge is 2.31. The quantitative estimate of drug-likeness (QED) is 0.875. The highest BCUT2D eigenvalue weighted by molar-refractivity contribution is 5.29. The van der Waals surface area contributed by atoms with Crippen molar-refractivity contribution in [1.29, 1.82) is 0 Å². The number of halogens is 3. The van der Waals surface area contributed by atoms with Crippen molar-refractivity contribution < 1.29 is 17.9 Å². The van der Waals surface area contributed by atoms with Crippen molar-refractivity contribution in [1.82, 2.24) is 5.32 Å². The van der Waals surface area contributed by atoms with Gasteiger partial charge in [0.25, 0.3) is 0 Å². The Bertz CT molecular complexity index is 413. The van der Waals surface area contributed by atoms with Crippen molar-refractivity contribution in [2.75, 3.05) is 6.54 Å². The summed E-state index contributed by atoms with van der Waals surface area (Å²) in [4.78, 5) is 0. The molecule has 1 fully saturated rings. The largest absolute Gasteiger partial charge is 0.573 e. The zero-order valence-corrected chi connectivity index (χ0v) is 11.1. The standard InChI is InChI=1S/C14H19F3N2O/c15-14(16,17)20-12-7-5-10(6-8-12)13(9-18)19-11-3-1-2-4-11/h5-8,11,13,19H,1-4,9,18H2. The maximum Gasteiger partial charge on any atom is 0.573 e. The first kappa shape index (κ1) is 15.1. The number of hydrogen-bond donors (Lipinski definition) is 2. The molecule has 0 saturated heterocycles. The van der Waals surface area contributed by atoms with Gasteiger partial charge in [0.15, 0.2) is 0 Å². The van der Waals surface area contributed by atoms with Crippen LogP contribution in [0.25, 0.3) is 0 Å². The average Bonchev–Trinajstić information content (AvgIpc) is 2.88. The summed E-state index contributed by atoms with van der Waals surface area (Å²) in [5.74, 6) is -0.210. The Morgan fingerprint density at radius 2 is 1.80 bits per heavy atom. The Morgan fingerprint density at radius 3 is 2.30 bits per heavy atom. The maximum atomic E-state index is 12.1. The van der Waals surface area contributed by atoms with Crippen LogP contribution < -0.4 is 15.8 Å². The van der Waals surface area contributed by atoms with Crippen molar-refractivity contribution in [2.24, 2.45) is 5.73 Å². The number of hydrogen-bond acceptors (Lipinski definition) is 3. The van der Waals surface area contributed by atoms with Gasteiger partial charge in [0.05, 0.1) is 0 Å². The highest BCUT2D eigenvalue weighted by Crippen LogP contribution is 2.26. The number of nitrogens with two attached hydrogens (primary N) is 1. The molecule has 112 valence electrons. The van der Waals surface area contributed by atoms with Crippen LogP contribution in [0.1, 0.15) is 37.3 Å². The van der Waals surface area contributed by atoms with E-state index in [1.54, 1.807) is 12.1 Å². The molecule has 0 heterocycles. The van der Waals surface area contributed by atoms with E-state index in [-0.39, 0.29) is 11.8 Å². The third kappa shape index (κ3) is 4.38. The Hall–Kier alpha value is -1.27. The van der Waals surface area contributed by atoms with E-state index >= 15 is 0 Å². The summed E-state index contributed by atoms with van der Waals surface area (Å²) in [7, 11) is 0. The summed E-state index contributed by atoms with van der Waals surface area (Å²) in [6.45, 7) is 0.413. The number of ether oxygens (including phenoxy) is 1. The van der Waals surface area contributed by atoms with Crippen molar-refractivity contribution >= 4 is 0 Å². The molecule has 0 radical (unpaired) electrons. The average molecular weight is 288 g/mol. The minimum absolute atomic E-state index is 0.0296. The van der Waals surface area contributed by atoms with Crippen LogP contribution >= 0.6 is 0 Å². The van der Waals surface area contributed by atoms with Gasteiger partial charge >= 0.3 is 6.36 Å². The fourth-order valence-electron chi connectivity index (χ4n) is 2.58. The summed E-state index contributed by atoms with van der Waals surface area (Å²) in [5, 5.41) is 3.46. The van der Waals surface area contributed by atoms with Gasteiger partial charge in [-0.25, -0.2) is 0 Å².